The molecule has 1 unspecified atom stereocenters. The molecule has 7 nitrogen and oxygen atoms in total. The molecule has 0 aliphatic heterocycles. The van der Waals surface area contributed by atoms with Crippen molar-refractivity contribution in [2.45, 2.75) is 12.5 Å². The molecule has 0 aliphatic carbocycles. The van der Waals surface area contributed by atoms with Gasteiger partial charge in [0.25, 0.3) is 0 Å². The first-order valence-electron chi connectivity index (χ1n) is 6.29. The van der Waals surface area contributed by atoms with Gasteiger partial charge in [-0.3, -0.25) is 0 Å². The molecule has 0 aliphatic rings. The van der Waals surface area contributed by atoms with Crippen molar-refractivity contribution in [3.63, 3.8) is 0 Å². The van der Waals surface area contributed by atoms with E-state index in [1.165, 1.54) is 26.4 Å². The SMILES string of the molecule is COC(=O)C(NCCCN=[N+]=[N-])c1ccc(OC)c(F)c1. The highest BCUT2D eigenvalue weighted by Gasteiger charge is 2.21. The lowest BCUT2D eigenvalue weighted by Gasteiger charge is -2.17. The molecule has 114 valence electrons. The molecule has 0 saturated heterocycles. The third-order valence-electron chi connectivity index (χ3n) is 2.79. The number of azide groups is 1. The lowest BCUT2D eigenvalue weighted by Crippen LogP contribution is -2.30. The topological polar surface area (TPSA) is 96.3 Å². The summed E-state index contributed by atoms with van der Waals surface area (Å²) in [7, 11) is 2.63. The third kappa shape index (κ3) is 4.94. The predicted molar refractivity (Wildman–Crippen MR) is 74.3 cm³/mol. The molecule has 1 rings (SSSR count). The number of hydrogen-bond acceptors (Lipinski definition) is 5. The third-order valence-corrected chi connectivity index (χ3v) is 2.79. The summed E-state index contributed by atoms with van der Waals surface area (Å²) < 4.78 is 23.2. The summed E-state index contributed by atoms with van der Waals surface area (Å²) in [6.45, 7) is 0.737. The Morgan fingerprint density at radius 1 is 1.52 bits per heavy atom. The Hall–Kier alpha value is -2.31. The van der Waals surface area contributed by atoms with E-state index in [1.54, 1.807) is 6.07 Å². The zero-order valence-corrected chi connectivity index (χ0v) is 11.9. The van der Waals surface area contributed by atoms with Crippen LogP contribution in [-0.2, 0) is 9.53 Å². The lowest BCUT2D eigenvalue weighted by molar-refractivity contribution is -0.143. The second kappa shape index (κ2) is 8.78. The molecule has 21 heavy (non-hydrogen) atoms. The first-order chi connectivity index (χ1) is 10.1. The van der Waals surface area contributed by atoms with Gasteiger partial charge in [0.2, 0.25) is 0 Å². The lowest BCUT2D eigenvalue weighted by atomic mass is 10.1. The van der Waals surface area contributed by atoms with Crippen molar-refractivity contribution in [2.24, 2.45) is 5.11 Å². The van der Waals surface area contributed by atoms with Crippen LogP contribution in [0, 0.1) is 5.82 Å². The summed E-state index contributed by atoms with van der Waals surface area (Å²) in [6, 6.07) is 3.47. The maximum atomic E-state index is 13.7. The van der Waals surface area contributed by atoms with E-state index in [2.05, 4.69) is 15.3 Å². The molecule has 1 N–H and O–H groups in total. The van der Waals surface area contributed by atoms with Gasteiger partial charge in [-0.1, -0.05) is 11.2 Å². The van der Waals surface area contributed by atoms with Crippen molar-refractivity contribution in [3.8, 4) is 5.75 Å². The molecule has 1 aromatic carbocycles. The summed E-state index contributed by atoms with van der Waals surface area (Å²) in [5, 5.41) is 6.34. The standard InChI is InChI=1S/C13H17FN4O3/c1-20-11-5-4-9(8-10(11)14)12(13(19)21-2)16-6-3-7-17-18-15/h4-5,8,12,16H,3,6-7H2,1-2H3. The van der Waals surface area contributed by atoms with E-state index in [4.69, 9.17) is 15.0 Å². The molecule has 0 radical (unpaired) electrons. The highest BCUT2D eigenvalue weighted by Crippen LogP contribution is 2.22. The molecule has 0 amide bonds. The summed E-state index contributed by atoms with van der Waals surface area (Å²) in [5.41, 5.74) is 8.60. The van der Waals surface area contributed by atoms with Crippen molar-refractivity contribution >= 4 is 5.97 Å². The first-order valence-corrected chi connectivity index (χ1v) is 6.29. The van der Waals surface area contributed by atoms with Crippen LogP contribution in [0.3, 0.4) is 0 Å². The van der Waals surface area contributed by atoms with Crippen LogP contribution in [-0.4, -0.2) is 33.3 Å². The van der Waals surface area contributed by atoms with Gasteiger partial charge in [-0.2, -0.15) is 0 Å². The van der Waals surface area contributed by atoms with E-state index in [0.717, 1.165) is 0 Å². The van der Waals surface area contributed by atoms with Crippen molar-refractivity contribution in [2.75, 3.05) is 27.3 Å². The Morgan fingerprint density at radius 2 is 2.29 bits per heavy atom. The van der Waals surface area contributed by atoms with E-state index >= 15 is 0 Å². The molecule has 0 saturated carbocycles. The number of benzene rings is 1. The zero-order chi connectivity index (χ0) is 15.7. The quantitative estimate of drug-likeness (QED) is 0.262. The summed E-state index contributed by atoms with van der Waals surface area (Å²) in [4.78, 5) is 14.4. The number of nitrogens with one attached hydrogen (secondary N) is 1. The van der Waals surface area contributed by atoms with Crippen LogP contribution in [0.2, 0.25) is 0 Å². The Bertz CT molecular complexity index is 532. The fraction of sp³-hybridized carbons (Fsp3) is 0.462. The predicted octanol–water partition coefficient (Wildman–Crippen LogP) is 2.34. The highest BCUT2D eigenvalue weighted by atomic mass is 19.1. The second-order valence-corrected chi connectivity index (χ2v) is 4.11. The Kier molecular flexibility index (Phi) is 7.00. The van der Waals surface area contributed by atoms with Crippen molar-refractivity contribution in [3.05, 3.63) is 40.0 Å². The van der Waals surface area contributed by atoms with Crippen molar-refractivity contribution in [1.29, 1.82) is 0 Å². The van der Waals surface area contributed by atoms with E-state index < -0.39 is 17.8 Å². The van der Waals surface area contributed by atoms with Crippen LogP contribution >= 0.6 is 0 Å². The average molecular weight is 296 g/mol. The van der Waals surface area contributed by atoms with Crippen molar-refractivity contribution in [1.82, 2.24) is 5.32 Å². The van der Waals surface area contributed by atoms with Crippen LogP contribution in [0.25, 0.3) is 10.4 Å². The molecular weight excluding hydrogens is 279 g/mol. The highest BCUT2D eigenvalue weighted by molar-refractivity contribution is 5.77. The molecule has 0 spiro atoms. The number of carbonyl (C=O) groups is 1. The molecule has 8 heteroatoms. The van der Waals surface area contributed by atoms with Gasteiger partial charge in [-0.15, -0.1) is 0 Å². The van der Waals surface area contributed by atoms with Crippen LogP contribution in [0.4, 0.5) is 4.39 Å². The molecule has 1 atom stereocenters. The molecule has 0 fully saturated rings. The molecule has 1 aromatic rings. The monoisotopic (exact) mass is 296 g/mol. The fourth-order valence-corrected chi connectivity index (χ4v) is 1.76. The largest absolute Gasteiger partial charge is 0.494 e. The summed E-state index contributed by atoms with van der Waals surface area (Å²) >= 11 is 0. The average Bonchev–Trinajstić information content (AvgIpc) is 2.50. The molecule has 0 heterocycles. The molecular formula is C13H17FN4O3. The van der Waals surface area contributed by atoms with Gasteiger partial charge in [-0.25, -0.2) is 9.18 Å². The van der Waals surface area contributed by atoms with Gasteiger partial charge in [0.15, 0.2) is 11.6 Å². The second-order valence-electron chi connectivity index (χ2n) is 4.11. The number of methoxy groups -OCH3 is 2. The number of halogens is 1. The fourth-order valence-electron chi connectivity index (χ4n) is 1.76. The molecule has 0 bridgehead atoms. The first kappa shape index (κ1) is 16.7. The Morgan fingerprint density at radius 3 is 2.86 bits per heavy atom. The van der Waals surface area contributed by atoms with E-state index in [-0.39, 0.29) is 5.75 Å². The Balaban J connectivity index is 2.79. The number of carbonyl (C=O) groups excluding carboxylic acids is 1. The summed E-state index contributed by atoms with van der Waals surface area (Å²) in [5.74, 6) is -0.978. The number of hydrogen-bond donors (Lipinski definition) is 1. The Labute approximate surface area is 121 Å². The number of nitrogens with zero attached hydrogens (tertiary/aromatic N) is 3. The van der Waals surface area contributed by atoms with E-state index in [0.29, 0.717) is 25.1 Å². The smallest absolute Gasteiger partial charge is 0.327 e. The van der Waals surface area contributed by atoms with Crippen LogP contribution < -0.4 is 10.1 Å². The van der Waals surface area contributed by atoms with Gasteiger partial charge < -0.3 is 14.8 Å². The maximum absolute atomic E-state index is 13.7. The van der Waals surface area contributed by atoms with E-state index in [1.807, 2.05) is 0 Å². The van der Waals surface area contributed by atoms with Crippen LogP contribution in [0.1, 0.15) is 18.0 Å². The van der Waals surface area contributed by atoms with Crippen LogP contribution in [0.5, 0.6) is 5.75 Å². The normalized spacial score (nSPS) is 11.4. The number of esters is 1. The summed E-state index contributed by atoms with van der Waals surface area (Å²) in [6.07, 6.45) is 0.552. The van der Waals surface area contributed by atoms with Gasteiger partial charge >= 0.3 is 5.97 Å². The van der Waals surface area contributed by atoms with E-state index in [9.17, 15) is 9.18 Å². The molecule has 0 aromatic heterocycles. The number of ether oxygens (including phenoxy) is 2. The van der Waals surface area contributed by atoms with Gasteiger partial charge in [0.05, 0.1) is 14.2 Å². The van der Waals surface area contributed by atoms with Gasteiger partial charge in [-0.05, 0) is 36.2 Å². The zero-order valence-electron chi connectivity index (χ0n) is 11.9. The van der Waals surface area contributed by atoms with Gasteiger partial charge in [0, 0.05) is 11.5 Å². The van der Waals surface area contributed by atoms with Crippen molar-refractivity contribution < 1.29 is 18.7 Å². The minimum Gasteiger partial charge on any atom is -0.494 e. The number of rotatable bonds is 8. The minimum atomic E-state index is -0.790. The van der Waals surface area contributed by atoms with Crippen LogP contribution in [0.15, 0.2) is 23.3 Å². The minimum absolute atomic E-state index is 0.103. The maximum Gasteiger partial charge on any atom is 0.327 e. The van der Waals surface area contributed by atoms with Gasteiger partial charge in [0.1, 0.15) is 6.04 Å².